The van der Waals surface area contributed by atoms with Gasteiger partial charge in [0.1, 0.15) is 14.5 Å². The first-order valence-corrected chi connectivity index (χ1v) is 14.1. The van der Waals surface area contributed by atoms with E-state index in [1.165, 1.54) is 16.5 Å². The summed E-state index contributed by atoms with van der Waals surface area (Å²) in [6.45, 7) is 0.289. The van der Waals surface area contributed by atoms with Gasteiger partial charge in [0.2, 0.25) is 5.43 Å². The van der Waals surface area contributed by atoms with Crippen molar-refractivity contribution in [1.29, 1.82) is 0 Å². The van der Waals surface area contributed by atoms with Gasteiger partial charge in [-0.1, -0.05) is 52.7 Å². The van der Waals surface area contributed by atoms with E-state index in [2.05, 4.69) is 102 Å². The molecule has 0 radical (unpaired) electrons. The molecule has 0 saturated heterocycles. The Bertz CT molecular complexity index is 1430. The molecule has 1 aromatic heterocycles. The predicted octanol–water partition coefficient (Wildman–Crippen LogP) is -3.42. The van der Waals surface area contributed by atoms with Crippen LogP contribution < -0.4 is 10.4 Å². The lowest BCUT2D eigenvalue weighted by atomic mass is 9.17. The Morgan fingerprint density at radius 1 is 0.842 bits per heavy atom. The maximum absolute atomic E-state index is 14.3. The third-order valence-corrected chi connectivity index (χ3v) is 9.91. The molecule has 3 heterocycles. The van der Waals surface area contributed by atoms with Gasteiger partial charge in [-0.15, -0.1) is 11.8 Å². The van der Waals surface area contributed by atoms with Crippen LogP contribution in [0.15, 0.2) is 70.5 Å². The summed E-state index contributed by atoms with van der Waals surface area (Å²) in [7, 11) is 15.0. The lowest BCUT2D eigenvalue weighted by molar-refractivity contribution is 0.0526. The Hall–Kier alpha value is -2.74. The Labute approximate surface area is 234 Å². The van der Waals surface area contributed by atoms with E-state index in [4.69, 9.17) is 0 Å². The smallest absolute Gasteiger partial charge is 0.277 e. The average molecular weight is 516 g/mol. The van der Waals surface area contributed by atoms with E-state index in [1.54, 1.807) is 22.6 Å². The van der Waals surface area contributed by atoms with E-state index in [9.17, 15) is 14.7 Å². The summed E-state index contributed by atoms with van der Waals surface area (Å²) in [5.41, 5.74) is 2.33. The zero-order valence-corrected chi connectivity index (χ0v) is 24.1. The van der Waals surface area contributed by atoms with Gasteiger partial charge in [-0.3, -0.25) is 19.3 Å². The lowest BCUT2D eigenvalue weighted by Gasteiger charge is -2.61. The molecule has 14 heteroatoms. The Kier molecular flexibility index (Phi) is 6.49. The average Bonchev–Trinajstić information content (AvgIpc) is 3.01. The molecule has 0 saturated carbocycles. The normalized spacial score (nSPS) is 17.8. The van der Waals surface area contributed by atoms with Crippen LogP contribution in [0.2, 0.25) is 10.2 Å². The third kappa shape index (κ3) is 3.98. The van der Waals surface area contributed by atoms with Crippen molar-refractivity contribution < 1.29 is 9.90 Å². The summed E-state index contributed by atoms with van der Waals surface area (Å²) in [5, 5.41) is 12.6. The van der Waals surface area contributed by atoms with Gasteiger partial charge < -0.3 is 10.0 Å². The standard InChI is InChI=1S/C24H30B7N3O3S/c25-22(23(26,27)28,24(29,30)31)32-12-34(33-10-9-16(35)20(36)19(33)21(32)37)18-14-6-2-1-5-13(14)11-38-17-8-4-3-7-15(17)18/h1-10,18,36H,11-12,25-31H2. The van der Waals surface area contributed by atoms with Crippen molar-refractivity contribution in [3.8, 4) is 5.75 Å². The van der Waals surface area contributed by atoms with Crippen molar-refractivity contribution in [3.05, 3.63) is 93.4 Å². The molecule has 0 fully saturated rings. The summed E-state index contributed by atoms with van der Waals surface area (Å²) >= 11 is 1.81. The first-order valence-electron chi connectivity index (χ1n) is 13.1. The van der Waals surface area contributed by atoms with Crippen molar-refractivity contribution in [1.82, 2.24) is 9.58 Å². The molecule has 1 N–H and O–H groups in total. The monoisotopic (exact) mass is 517 g/mol. The Morgan fingerprint density at radius 2 is 1.45 bits per heavy atom. The van der Waals surface area contributed by atoms with Crippen molar-refractivity contribution >= 4 is 72.6 Å². The van der Waals surface area contributed by atoms with Gasteiger partial charge in [0, 0.05) is 22.9 Å². The van der Waals surface area contributed by atoms with E-state index >= 15 is 0 Å². The first kappa shape index (κ1) is 26.9. The van der Waals surface area contributed by atoms with E-state index < -0.39 is 16.6 Å². The summed E-state index contributed by atoms with van der Waals surface area (Å²) in [6.07, 6.45) is 1.63. The van der Waals surface area contributed by atoms with Crippen LogP contribution in [-0.4, -0.2) is 87.6 Å². The highest BCUT2D eigenvalue weighted by Crippen LogP contribution is 2.48. The third-order valence-electron chi connectivity index (χ3n) is 8.77. The largest absolute Gasteiger partial charge is 0.502 e. The molecule has 2 aliphatic heterocycles. The minimum absolute atomic E-state index is 0.00957. The van der Waals surface area contributed by atoms with Crippen LogP contribution in [-0.2, 0) is 5.75 Å². The molecule has 3 aromatic rings. The SMILES string of the molecule is BC(B)(B)C(B)(N1CN(C2c3ccccc3CSc3ccccc32)n2ccc(=O)c(O)c2C1=O)C(B)(B)B. The Balaban J connectivity index is 1.82. The maximum Gasteiger partial charge on any atom is 0.277 e. The van der Waals surface area contributed by atoms with Gasteiger partial charge in [0.05, 0.1) is 53.1 Å². The topological polar surface area (TPSA) is 65.8 Å². The van der Waals surface area contributed by atoms with Gasteiger partial charge in [-0.2, -0.15) is 0 Å². The number of fused-ring (bicyclic) bond motifs is 3. The molecule has 2 aromatic carbocycles. The molecule has 38 heavy (non-hydrogen) atoms. The molecule has 1 amide bonds. The van der Waals surface area contributed by atoms with Crippen LogP contribution >= 0.6 is 11.8 Å². The van der Waals surface area contributed by atoms with Crippen LogP contribution in [0.3, 0.4) is 0 Å². The van der Waals surface area contributed by atoms with Gasteiger partial charge in [-0.05, 0) is 28.2 Å². The number of pyridine rings is 1. The van der Waals surface area contributed by atoms with Crippen LogP contribution in [0.1, 0.15) is 33.2 Å². The number of benzene rings is 2. The van der Waals surface area contributed by atoms with E-state index in [-0.39, 0.29) is 34.5 Å². The molecule has 0 bridgehead atoms. The molecule has 0 spiro atoms. The fraction of sp³-hybridized carbons (Fsp3) is 0.250. The van der Waals surface area contributed by atoms with Gasteiger partial charge in [-0.25, -0.2) is 0 Å². The quantitative estimate of drug-likeness (QED) is 0.367. The zero-order chi connectivity index (χ0) is 27.6. The highest BCUT2D eigenvalue weighted by Gasteiger charge is 2.54. The summed E-state index contributed by atoms with van der Waals surface area (Å²) in [6, 6.07) is 17.9. The second kappa shape index (κ2) is 9.18. The van der Waals surface area contributed by atoms with Crippen molar-refractivity contribution in [2.45, 2.75) is 32.4 Å². The second-order valence-electron chi connectivity index (χ2n) is 12.5. The predicted molar refractivity (Wildman–Crippen MR) is 174 cm³/mol. The fourth-order valence-corrected chi connectivity index (χ4v) is 7.33. The highest BCUT2D eigenvalue weighted by molar-refractivity contribution is 7.98. The first-order chi connectivity index (χ1) is 17.8. The summed E-state index contributed by atoms with van der Waals surface area (Å²) < 4.78 is 1.70. The van der Waals surface area contributed by atoms with Crippen molar-refractivity contribution in [3.63, 3.8) is 0 Å². The fourth-order valence-electron chi connectivity index (χ4n) is 6.24. The van der Waals surface area contributed by atoms with Gasteiger partial charge >= 0.3 is 0 Å². The number of thioether (sulfide) groups is 1. The number of carbonyl (C=O) groups is 1. The molecule has 1 unspecified atom stereocenters. The minimum Gasteiger partial charge on any atom is -0.502 e. The van der Waals surface area contributed by atoms with E-state index in [0.29, 0.717) is 0 Å². The molecular weight excluding hydrogens is 486 g/mol. The second-order valence-corrected chi connectivity index (χ2v) is 13.6. The maximum atomic E-state index is 14.3. The van der Waals surface area contributed by atoms with Crippen molar-refractivity contribution in [2.24, 2.45) is 0 Å². The minimum atomic E-state index is -0.628. The molecule has 6 nitrogen and oxygen atoms in total. The number of aromatic nitrogens is 1. The van der Waals surface area contributed by atoms with Gasteiger partial charge in [0.15, 0.2) is 11.4 Å². The van der Waals surface area contributed by atoms with Crippen LogP contribution in [0, 0.1) is 0 Å². The zero-order valence-electron chi connectivity index (χ0n) is 23.3. The van der Waals surface area contributed by atoms with Gasteiger partial charge in [0.25, 0.3) is 5.91 Å². The Morgan fingerprint density at radius 3 is 2.11 bits per heavy atom. The number of aromatic hydroxyl groups is 1. The molecule has 2 aliphatic rings. The number of hydrogen-bond acceptors (Lipinski definition) is 5. The molecule has 5 rings (SSSR count). The number of carbonyl (C=O) groups excluding carboxylic acids is 1. The molecule has 186 valence electrons. The van der Waals surface area contributed by atoms with Crippen LogP contribution in [0.4, 0.5) is 0 Å². The molecule has 1 atom stereocenters. The van der Waals surface area contributed by atoms with Crippen LogP contribution in [0.25, 0.3) is 0 Å². The van der Waals surface area contributed by atoms with Crippen LogP contribution in [0.5, 0.6) is 5.75 Å². The number of amides is 1. The van der Waals surface area contributed by atoms with E-state index in [0.717, 1.165) is 16.9 Å². The molecular formula is C24H30B7N3O3S. The number of rotatable bonds is 4. The number of hydrogen-bond donors (Lipinski definition) is 1. The summed E-state index contributed by atoms with van der Waals surface area (Å²) in [5.74, 6) is -0.0141. The molecule has 0 aliphatic carbocycles. The highest BCUT2D eigenvalue weighted by atomic mass is 32.2. The summed E-state index contributed by atoms with van der Waals surface area (Å²) in [4.78, 5) is 30.0. The van der Waals surface area contributed by atoms with Crippen molar-refractivity contribution in [2.75, 3.05) is 11.7 Å². The van der Waals surface area contributed by atoms with E-state index in [1.807, 2.05) is 11.0 Å². The lowest BCUT2D eigenvalue weighted by Crippen LogP contribution is -2.71. The number of nitrogens with zero attached hydrogens (tertiary/aromatic N) is 3.